The van der Waals surface area contributed by atoms with Crippen molar-refractivity contribution in [3.8, 4) is 5.75 Å². The lowest BCUT2D eigenvalue weighted by molar-refractivity contribution is -0.123. The predicted octanol–water partition coefficient (Wildman–Crippen LogP) is 2.58. The van der Waals surface area contributed by atoms with E-state index in [0.29, 0.717) is 12.3 Å². The molecule has 0 saturated heterocycles. The molecular formula is C24H26N4O6. The van der Waals surface area contributed by atoms with Crippen molar-refractivity contribution < 1.29 is 29.0 Å². The number of carbonyl (C=O) groups excluding carboxylic acids is 2. The topological polar surface area (TPSA) is 134 Å². The molecule has 2 aromatic carbocycles. The molecule has 2 heterocycles. The summed E-state index contributed by atoms with van der Waals surface area (Å²) in [5.74, 6) is 0.162. The molecule has 0 bridgehead atoms. The quantitative estimate of drug-likeness (QED) is 0.403. The fraction of sp³-hybridized carbons (Fsp3) is 0.292. The molecule has 1 unspecified atom stereocenters. The molecule has 4 rings (SSSR count). The SMILES string of the molecule is COC1=NOC(CNC(=O)[C@H](Cc2c[nH]c3ccc(O)cc23)NC(=O)OCc2ccccc2)C1. The highest BCUT2D eigenvalue weighted by atomic mass is 16.7. The van der Waals surface area contributed by atoms with Gasteiger partial charge in [0.05, 0.1) is 20.1 Å². The normalized spacial score (nSPS) is 15.8. The van der Waals surface area contributed by atoms with Gasteiger partial charge >= 0.3 is 6.09 Å². The molecule has 0 fully saturated rings. The Morgan fingerprint density at radius 3 is 2.85 bits per heavy atom. The minimum atomic E-state index is -0.922. The molecule has 0 aliphatic carbocycles. The molecule has 0 saturated carbocycles. The number of hydrogen-bond donors (Lipinski definition) is 4. The van der Waals surface area contributed by atoms with Gasteiger partial charge in [-0.25, -0.2) is 4.79 Å². The van der Waals surface area contributed by atoms with E-state index < -0.39 is 18.0 Å². The van der Waals surface area contributed by atoms with Crippen LogP contribution >= 0.6 is 0 Å². The molecule has 10 heteroatoms. The Balaban J connectivity index is 1.43. The molecule has 10 nitrogen and oxygen atoms in total. The fourth-order valence-electron chi connectivity index (χ4n) is 3.64. The molecule has 0 radical (unpaired) electrons. The van der Waals surface area contributed by atoms with Gasteiger partial charge in [0.1, 0.15) is 18.4 Å². The van der Waals surface area contributed by atoms with Crippen molar-refractivity contribution in [3.63, 3.8) is 0 Å². The van der Waals surface area contributed by atoms with Crippen molar-refractivity contribution in [1.29, 1.82) is 0 Å². The average molecular weight is 466 g/mol. The summed E-state index contributed by atoms with van der Waals surface area (Å²) in [5.41, 5.74) is 2.40. The first-order valence-corrected chi connectivity index (χ1v) is 10.8. The van der Waals surface area contributed by atoms with Crippen LogP contribution < -0.4 is 10.6 Å². The number of rotatable bonds is 8. The summed E-state index contributed by atoms with van der Waals surface area (Å²) >= 11 is 0. The van der Waals surface area contributed by atoms with E-state index in [2.05, 4.69) is 20.8 Å². The first-order valence-electron chi connectivity index (χ1n) is 10.8. The largest absolute Gasteiger partial charge is 0.508 e. The first-order chi connectivity index (χ1) is 16.5. The highest BCUT2D eigenvalue weighted by molar-refractivity contribution is 5.89. The molecule has 34 heavy (non-hydrogen) atoms. The minimum Gasteiger partial charge on any atom is -0.508 e. The second kappa shape index (κ2) is 10.6. The van der Waals surface area contributed by atoms with E-state index in [1.54, 1.807) is 24.4 Å². The van der Waals surface area contributed by atoms with Crippen molar-refractivity contribution in [1.82, 2.24) is 15.6 Å². The number of phenols is 1. The summed E-state index contributed by atoms with van der Waals surface area (Å²) < 4.78 is 10.4. The van der Waals surface area contributed by atoms with Crippen molar-refractivity contribution in [2.45, 2.75) is 31.6 Å². The number of amides is 2. The number of alkyl carbamates (subject to hydrolysis) is 1. The molecule has 1 aromatic heterocycles. The Bertz CT molecular complexity index is 1180. The summed E-state index contributed by atoms with van der Waals surface area (Å²) in [4.78, 5) is 33.9. The maximum absolute atomic E-state index is 13.0. The van der Waals surface area contributed by atoms with Gasteiger partial charge in [-0.3, -0.25) is 4.79 Å². The third kappa shape index (κ3) is 5.77. The van der Waals surface area contributed by atoms with E-state index >= 15 is 0 Å². The first kappa shape index (κ1) is 23.0. The highest BCUT2D eigenvalue weighted by Crippen LogP contribution is 2.24. The van der Waals surface area contributed by atoms with Crippen molar-refractivity contribution in [2.75, 3.05) is 13.7 Å². The van der Waals surface area contributed by atoms with E-state index in [9.17, 15) is 14.7 Å². The van der Waals surface area contributed by atoms with Crippen LogP contribution in [-0.2, 0) is 32.1 Å². The number of nitrogens with one attached hydrogen (secondary N) is 3. The van der Waals surface area contributed by atoms with E-state index in [1.807, 2.05) is 30.3 Å². The van der Waals surface area contributed by atoms with E-state index in [0.717, 1.165) is 22.0 Å². The van der Waals surface area contributed by atoms with Gasteiger partial charge in [0.15, 0.2) is 6.10 Å². The molecule has 0 spiro atoms. The number of oxime groups is 1. The van der Waals surface area contributed by atoms with E-state index in [4.69, 9.17) is 14.3 Å². The smallest absolute Gasteiger partial charge is 0.408 e. The zero-order valence-corrected chi connectivity index (χ0v) is 18.6. The average Bonchev–Trinajstić information content (AvgIpc) is 3.48. The molecule has 4 N–H and O–H groups in total. The van der Waals surface area contributed by atoms with Gasteiger partial charge in [0.25, 0.3) is 0 Å². The lowest BCUT2D eigenvalue weighted by Gasteiger charge is -2.19. The number of methoxy groups -OCH3 is 1. The lowest BCUT2D eigenvalue weighted by Crippen LogP contribution is -2.49. The van der Waals surface area contributed by atoms with Gasteiger partial charge in [0, 0.05) is 23.5 Å². The number of nitrogens with zero attached hydrogens (tertiary/aromatic N) is 1. The molecule has 1 aliphatic rings. The number of aromatic nitrogens is 1. The molecular weight excluding hydrogens is 440 g/mol. The highest BCUT2D eigenvalue weighted by Gasteiger charge is 2.27. The van der Waals surface area contributed by atoms with Gasteiger partial charge in [-0.1, -0.05) is 35.5 Å². The van der Waals surface area contributed by atoms with Crippen LogP contribution in [0.25, 0.3) is 10.9 Å². The van der Waals surface area contributed by atoms with Crippen molar-refractivity contribution >= 4 is 28.8 Å². The van der Waals surface area contributed by atoms with Crippen LogP contribution in [0, 0.1) is 0 Å². The predicted molar refractivity (Wildman–Crippen MR) is 124 cm³/mol. The Morgan fingerprint density at radius 1 is 1.26 bits per heavy atom. The Labute approximate surface area is 195 Å². The molecule has 178 valence electrons. The van der Waals surface area contributed by atoms with Crippen LogP contribution in [0.3, 0.4) is 0 Å². The van der Waals surface area contributed by atoms with E-state index in [-0.39, 0.29) is 31.4 Å². The maximum atomic E-state index is 13.0. The van der Waals surface area contributed by atoms with Crippen LogP contribution in [0.1, 0.15) is 17.5 Å². The second-order valence-electron chi connectivity index (χ2n) is 7.87. The Morgan fingerprint density at radius 2 is 2.09 bits per heavy atom. The van der Waals surface area contributed by atoms with Crippen LogP contribution in [-0.4, -0.2) is 53.8 Å². The van der Waals surface area contributed by atoms with Gasteiger partial charge in [-0.15, -0.1) is 0 Å². The fourth-order valence-corrected chi connectivity index (χ4v) is 3.64. The van der Waals surface area contributed by atoms with Gasteiger partial charge in [-0.2, -0.15) is 0 Å². The number of ether oxygens (including phenoxy) is 2. The maximum Gasteiger partial charge on any atom is 0.408 e. The van der Waals surface area contributed by atoms with E-state index in [1.165, 1.54) is 7.11 Å². The third-order valence-electron chi connectivity index (χ3n) is 5.44. The zero-order valence-electron chi connectivity index (χ0n) is 18.6. The number of aromatic amines is 1. The summed E-state index contributed by atoms with van der Waals surface area (Å²) in [7, 11) is 1.50. The Kier molecular flexibility index (Phi) is 7.16. The molecule has 2 atom stereocenters. The molecule has 1 aliphatic heterocycles. The zero-order chi connectivity index (χ0) is 23.9. The van der Waals surface area contributed by atoms with Gasteiger partial charge < -0.3 is 35.0 Å². The number of benzene rings is 2. The number of hydrogen-bond acceptors (Lipinski definition) is 7. The van der Waals surface area contributed by atoms with Gasteiger partial charge in [0.2, 0.25) is 11.8 Å². The summed E-state index contributed by atoms with van der Waals surface area (Å²) in [6.45, 7) is 0.274. The van der Waals surface area contributed by atoms with Crippen LogP contribution in [0.15, 0.2) is 59.9 Å². The summed E-state index contributed by atoms with van der Waals surface area (Å²) in [6, 6.07) is 13.3. The third-order valence-corrected chi connectivity index (χ3v) is 5.44. The summed E-state index contributed by atoms with van der Waals surface area (Å²) in [6.07, 6.45) is 1.31. The number of fused-ring (bicyclic) bond motifs is 1. The lowest BCUT2D eigenvalue weighted by atomic mass is 10.0. The van der Waals surface area contributed by atoms with Crippen LogP contribution in [0.2, 0.25) is 0 Å². The van der Waals surface area contributed by atoms with Crippen molar-refractivity contribution in [3.05, 3.63) is 65.9 Å². The number of aromatic hydroxyl groups is 1. The second-order valence-corrected chi connectivity index (χ2v) is 7.87. The van der Waals surface area contributed by atoms with Crippen LogP contribution in [0.4, 0.5) is 4.79 Å². The Hall–Kier alpha value is -4.21. The monoisotopic (exact) mass is 466 g/mol. The molecule has 2 amide bonds. The number of phenolic OH excluding ortho intramolecular Hbond substituents is 1. The summed E-state index contributed by atoms with van der Waals surface area (Å²) in [5, 5.41) is 19.9. The number of H-pyrrole nitrogens is 1. The van der Waals surface area contributed by atoms with Crippen LogP contribution in [0.5, 0.6) is 5.75 Å². The number of carbonyl (C=O) groups is 2. The van der Waals surface area contributed by atoms with Gasteiger partial charge in [-0.05, 0) is 29.3 Å². The minimum absolute atomic E-state index is 0.0784. The molecule has 3 aromatic rings. The standard InChI is InChI=1S/C24H26N4O6/c1-32-22-11-18(34-28-22)13-26-23(30)21(27-24(31)33-14-15-5-3-2-4-6-15)9-16-12-25-20-8-7-17(29)10-19(16)20/h2-8,10,12,18,21,25,29H,9,11,13-14H2,1H3,(H,26,30)(H,27,31)/t18?,21-/m0/s1. The van der Waals surface area contributed by atoms with Crippen molar-refractivity contribution in [2.24, 2.45) is 5.16 Å².